The molecule has 4 heterocycles. The van der Waals surface area contributed by atoms with E-state index in [-0.39, 0.29) is 0 Å². The third-order valence-corrected chi connectivity index (χ3v) is 6.34. The van der Waals surface area contributed by atoms with Gasteiger partial charge in [-0.05, 0) is 17.5 Å². The van der Waals surface area contributed by atoms with Gasteiger partial charge in [-0.15, -0.1) is 16.4 Å². The zero-order valence-electron chi connectivity index (χ0n) is 14.9. The molecule has 0 radical (unpaired) electrons. The van der Waals surface area contributed by atoms with Crippen LogP contribution in [-0.4, -0.2) is 32.7 Å². The molecule has 1 aromatic carbocycles. The summed E-state index contributed by atoms with van der Waals surface area (Å²) < 4.78 is 1.86. The van der Waals surface area contributed by atoms with Crippen LogP contribution in [0.15, 0.2) is 36.7 Å². The summed E-state index contributed by atoms with van der Waals surface area (Å²) in [5, 5.41) is 5.90. The number of thiophene rings is 1. The smallest absolute Gasteiger partial charge is 0.167 e. The van der Waals surface area contributed by atoms with Crippen LogP contribution in [0.2, 0.25) is 0 Å². The molecule has 1 aliphatic rings. The average molecular weight is 364 g/mol. The zero-order chi connectivity index (χ0) is 17.5. The molecule has 26 heavy (non-hydrogen) atoms. The van der Waals surface area contributed by atoms with Gasteiger partial charge in [0, 0.05) is 12.8 Å². The number of hydrogen-bond donors (Lipinski definition) is 1. The molecular weight excluding hydrogens is 342 g/mol. The van der Waals surface area contributed by atoms with E-state index in [0.29, 0.717) is 0 Å². The van der Waals surface area contributed by atoms with Crippen LogP contribution in [-0.2, 0) is 19.4 Å². The van der Waals surface area contributed by atoms with E-state index >= 15 is 0 Å². The summed E-state index contributed by atoms with van der Waals surface area (Å²) >= 11 is 1.84. The molecule has 1 N–H and O–H groups in total. The predicted molar refractivity (Wildman–Crippen MR) is 104 cm³/mol. The normalized spacial score (nSPS) is 17.0. The molecule has 6 heteroatoms. The van der Waals surface area contributed by atoms with Crippen molar-refractivity contribution >= 4 is 27.2 Å². The Morgan fingerprint density at radius 3 is 2.96 bits per heavy atom. The molecule has 0 bridgehead atoms. The van der Waals surface area contributed by atoms with Gasteiger partial charge in [-0.3, -0.25) is 0 Å². The van der Waals surface area contributed by atoms with Crippen LogP contribution in [0.4, 0.5) is 0 Å². The highest BCUT2D eigenvalue weighted by Crippen LogP contribution is 2.33. The lowest BCUT2D eigenvalue weighted by molar-refractivity contribution is -0.915. The Labute approximate surface area is 156 Å². The van der Waals surface area contributed by atoms with Gasteiger partial charge in [0.15, 0.2) is 11.5 Å². The monoisotopic (exact) mass is 364 g/mol. The number of rotatable bonds is 4. The van der Waals surface area contributed by atoms with E-state index in [1.54, 1.807) is 4.90 Å². The number of nitrogens with zero attached hydrogens (tertiary/aromatic N) is 4. The lowest BCUT2D eigenvalue weighted by Gasteiger charge is -2.23. The fraction of sp³-hybridized carbons (Fsp3) is 0.350. The molecule has 4 aromatic rings. The molecule has 0 fully saturated rings. The Morgan fingerprint density at radius 2 is 2.12 bits per heavy atom. The van der Waals surface area contributed by atoms with Crippen LogP contribution in [0.3, 0.4) is 0 Å². The quantitative estimate of drug-likeness (QED) is 0.604. The van der Waals surface area contributed by atoms with E-state index in [1.165, 1.54) is 40.9 Å². The van der Waals surface area contributed by atoms with E-state index < -0.39 is 0 Å². The molecule has 1 atom stereocenters. The van der Waals surface area contributed by atoms with Gasteiger partial charge in [-0.2, -0.15) is 0 Å². The van der Waals surface area contributed by atoms with Crippen molar-refractivity contribution in [3.05, 3.63) is 58.5 Å². The lowest BCUT2D eigenvalue weighted by atomic mass is 10.1. The number of hydrogen-bond acceptors (Lipinski definition) is 4. The fourth-order valence-corrected chi connectivity index (χ4v) is 5.24. The van der Waals surface area contributed by atoms with Gasteiger partial charge in [0.25, 0.3) is 0 Å². The van der Waals surface area contributed by atoms with Gasteiger partial charge in [0.2, 0.25) is 0 Å². The van der Waals surface area contributed by atoms with E-state index in [2.05, 4.69) is 41.3 Å². The minimum Gasteiger partial charge on any atom is -0.330 e. The number of quaternary nitrogens is 1. The van der Waals surface area contributed by atoms with Crippen molar-refractivity contribution < 1.29 is 4.90 Å². The van der Waals surface area contributed by atoms with Crippen molar-refractivity contribution in [1.82, 2.24) is 19.6 Å². The maximum absolute atomic E-state index is 4.88. The first-order valence-corrected chi connectivity index (χ1v) is 10.2. The molecule has 0 amide bonds. The third-order valence-electron chi connectivity index (χ3n) is 5.20. The number of nitrogens with one attached hydrogen (secondary N) is 1. The standard InChI is InChI=1S/C20H21N5S/c1-2-9-24-10-8-15-16(12-24)26-20-18(15)19-22-17(23-25(19)13-21-20)11-14-6-4-3-5-7-14/h3-7,13H,2,8-12H2,1H3/p+1. The average Bonchev–Trinajstić information content (AvgIpc) is 3.22. The second-order valence-corrected chi connectivity index (χ2v) is 8.15. The Balaban J connectivity index is 1.57. The van der Waals surface area contributed by atoms with Crippen molar-refractivity contribution in [1.29, 1.82) is 0 Å². The molecule has 0 spiro atoms. The van der Waals surface area contributed by atoms with Gasteiger partial charge < -0.3 is 4.90 Å². The van der Waals surface area contributed by atoms with E-state index in [4.69, 9.17) is 4.98 Å². The summed E-state index contributed by atoms with van der Waals surface area (Å²) in [6, 6.07) is 10.4. The maximum Gasteiger partial charge on any atom is 0.167 e. The van der Waals surface area contributed by atoms with E-state index in [0.717, 1.165) is 35.7 Å². The highest BCUT2D eigenvalue weighted by molar-refractivity contribution is 7.19. The van der Waals surface area contributed by atoms with E-state index in [1.807, 2.05) is 28.2 Å². The highest BCUT2D eigenvalue weighted by atomic mass is 32.1. The molecule has 0 aliphatic carbocycles. The Bertz CT molecular complexity index is 1070. The Kier molecular flexibility index (Phi) is 3.94. The maximum atomic E-state index is 4.88. The SMILES string of the molecule is CCC[NH+]1CCc2c(sc3ncn4nc(Cc5ccccc5)nc4c23)C1. The van der Waals surface area contributed by atoms with Crippen molar-refractivity contribution in [2.24, 2.45) is 0 Å². The summed E-state index contributed by atoms with van der Waals surface area (Å²) in [4.78, 5) is 13.8. The topological polar surface area (TPSA) is 47.5 Å². The van der Waals surface area contributed by atoms with Crippen molar-refractivity contribution in [2.75, 3.05) is 13.1 Å². The Hall–Kier alpha value is -2.31. The second kappa shape index (κ2) is 6.45. The molecule has 5 rings (SSSR count). The van der Waals surface area contributed by atoms with Crippen molar-refractivity contribution in [3.63, 3.8) is 0 Å². The summed E-state index contributed by atoms with van der Waals surface area (Å²) in [5.74, 6) is 0.861. The summed E-state index contributed by atoms with van der Waals surface area (Å²) in [6.45, 7) is 5.85. The molecule has 0 saturated carbocycles. The number of aromatic nitrogens is 4. The largest absolute Gasteiger partial charge is 0.330 e. The van der Waals surface area contributed by atoms with Gasteiger partial charge in [-0.25, -0.2) is 14.5 Å². The lowest BCUT2D eigenvalue weighted by Crippen LogP contribution is -3.11. The van der Waals surface area contributed by atoms with Gasteiger partial charge in [-0.1, -0.05) is 37.3 Å². The molecule has 5 nitrogen and oxygen atoms in total. The fourth-order valence-electron chi connectivity index (χ4n) is 3.99. The number of fused-ring (bicyclic) bond motifs is 5. The summed E-state index contributed by atoms with van der Waals surface area (Å²) in [6.07, 6.45) is 4.93. The summed E-state index contributed by atoms with van der Waals surface area (Å²) in [7, 11) is 0. The van der Waals surface area contributed by atoms with Crippen LogP contribution in [0.5, 0.6) is 0 Å². The Morgan fingerprint density at radius 1 is 1.23 bits per heavy atom. The van der Waals surface area contributed by atoms with Gasteiger partial charge in [0.05, 0.1) is 23.4 Å². The minimum absolute atomic E-state index is 0.755. The second-order valence-electron chi connectivity index (χ2n) is 7.06. The van der Waals surface area contributed by atoms with Crippen LogP contribution in [0.25, 0.3) is 15.9 Å². The van der Waals surface area contributed by atoms with Gasteiger partial charge in [0.1, 0.15) is 17.7 Å². The molecule has 1 unspecified atom stereocenters. The third kappa shape index (κ3) is 2.70. The number of benzene rings is 1. The van der Waals surface area contributed by atoms with Crippen LogP contribution < -0.4 is 4.90 Å². The first kappa shape index (κ1) is 15.9. The molecule has 1 aliphatic heterocycles. The first-order chi connectivity index (χ1) is 12.8. The zero-order valence-corrected chi connectivity index (χ0v) is 15.7. The summed E-state index contributed by atoms with van der Waals surface area (Å²) in [5.41, 5.74) is 3.66. The predicted octanol–water partition coefficient (Wildman–Crippen LogP) is 2.28. The van der Waals surface area contributed by atoms with Crippen LogP contribution in [0, 0.1) is 0 Å². The van der Waals surface area contributed by atoms with Gasteiger partial charge >= 0.3 is 0 Å². The molecule has 0 saturated heterocycles. The van der Waals surface area contributed by atoms with Crippen LogP contribution in [0.1, 0.15) is 35.2 Å². The van der Waals surface area contributed by atoms with Crippen molar-refractivity contribution in [3.8, 4) is 0 Å². The van der Waals surface area contributed by atoms with Crippen LogP contribution >= 0.6 is 11.3 Å². The molecule has 3 aromatic heterocycles. The van der Waals surface area contributed by atoms with Crippen molar-refractivity contribution in [2.45, 2.75) is 32.7 Å². The highest BCUT2D eigenvalue weighted by Gasteiger charge is 2.26. The molecular formula is C20H22N5S+. The minimum atomic E-state index is 0.755. The van der Waals surface area contributed by atoms with E-state index in [9.17, 15) is 0 Å². The first-order valence-electron chi connectivity index (χ1n) is 9.34. The molecule has 132 valence electrons.